The maximum absolute atomic E-state index is 12.8. The van der Waals surface area contributed by atoms with Crippen LogP contribution >= 0.6 is 11.3 Å². The Labute approximate surface area is 159 Å². The predicted molar refractivity (Wildman–Crippen MR) is 104 cm³/mol. The monoisotopic (exact) mass is 370 g/mol. The Balaban J connectivity index is 1.34. The summed E-state index contributed by atoms with van der Waals surface area (Å²) in [6.45, 7) is 4.30. The third-order valence-electron chi connectivity index (χ3n) is 5.73. The van der Waals surface area contributed by atoms with Crippen LogP contribution in [0.25, 0.3) is 0 Å². The van der Waals surface area contributed by atoms with Crippen molar-refractivity contribution < 1.29 is 9.53 Å². The maximum Gasteiger partial charge on any atom is 0.253 e. The normalized spacial score (nSPS) is 22.7. The van der Waals surface area contributed by atoms with Gasteiger partial charge in [0.05, 0.1) is 10.7 Å². The van der Waals surface area contributed by atoms with Gasteiger partial charge >= 0.3 is 0 Å². The number of nitrogens with zero attached hydrogens (tertiary/aromatic N) is 2. The second-order valence-electron chi connectivity index (χ2n) is 7.52. The van der Waals surface area contributed by atoms with Gasteiger partial charge in [0.2, 0.25) is 0 Å². The van der Waals surface area contributed by atoms with Crippen molar-refractivity contribution in [1.82, 2.24) is 9.88 Å². The van der Waals surface area contributed by atoms with Crippen LogP contribution in [0.3, 0.4) is 0 Å². The number of rotatable bonds is 4. The third kappa shape index (κ3) is 3.93. The molecule has 4 rings (SSSR count). The molecule has 138 valence electrons. The van der Waals surface area contributed by atoms with Crippen LogP contribution in [0.4, 0.5) is 0 Å². The molecule has 0 spiro atoms. The average molecular weight is 371 g/mol. The summed E-state index contributed by atoms with van der Waals surface area (Å²) >= 11 is 1.63. The fourth-order valence-corrected chi connectivity index (χ4v) is 4.89. The quantitative estimate of drug-likeness (QED) is 0.784. The zero-order valence-electron chi connectivity index (χ0n) is 15.3. The molecule has 2 heterocycles. The van der Waals surface area contributed by atoms with Gasteiger partial charge < -0.3 is 9.64 Å². The SMILES string of the molecule is Cc1nc(COc2ccc(C(=O)N3CC[C@@H]4CCCC[C@H]4C3)cc2)cs1. The Morgan fingerprint density at radius 3 is 2.69 bits per heavy atom. The smallest absolute Gasteiger partial charge is 0.253 e. The van der Waals surface area contributed by atoms with Crippen molar-refractivity contribution in [3.63, 3.8) is 0 Å². The Morgan fingerprint density at radius 1 is 1.19 bits per heavy atom. The molecule has 2 aromatic rings. The van der Waals surface area contributed by atoms with Gasteiger partial charge in [-0.3, -0.25) is 4.79 Å². The molecule has 4 nitrogen and oxygen atoms in total. The number of hydrogen-bond donors (Lipinski definition) is 0. The first kappa shape index (κ1) is 17.5. The van der Waals surface area contributed by atoms with E-state index in [1.807, 2.05) is 36.6 Å². The van der Waals surface area contributed by atoms with E-state index in [2.05, 4.69) is 9.88 Å². The van der Waals surface area contributed by atoms with E-state index in [9.17, 15) is 4.79 Å². The van der Waals surface area contributed by atoms with Gasteiger partial charge in [0, 0.05) is 24.0 Å². The molecule has 0 bridgehead atoms. The van der Waals surface area contributed by atoms with Crippen LogP contribution in [0.5, 0.6) is 5.75 Å². The average Bonchev–Trinajstić information content (AvgIpc) is 3.11. The van der Waals surface area contributed by atoms with Crippen LogP contribution < -0.4 is 4.74 Å². The van der Waals surface area contributed by atoms with Crippen molar-refractivity contribution >= 4 is 17.2 Å². The number of carbonyl (C=O) groups is 1. The number of aryl methyl sites for hydroxylation is 1. The highest BCUT2D eigenvalue weighted by molar-refractivity contribution is 7.09. The molecule has 2 fully saturated rings. The van der Waals surface area contributed by atoms with Gasteiger partial charge in [0.1, 0.15) is 12.4 Å². The number of fused-ring (bicyclic) bond motifs is 1. The van der Waals surface area contributed by atoms with Gasteiger partial charge in [-0.2, -0.15) is 0 Å². The molecule has 1 aliphatic carbocycles. The lowest BCUT2D eigenvalue weighted by Crippen LogP contribution is -2.44. The summed E-state index contributed by atoms with van der Waals surface area (Å²) in [6, 6.07) is 7.55. The molecule has 2 aliphatic rings. The highest BCUT2D eigenvalue weighted by Crippen LogP contribution is 2.36. The van der Waals surface area contributed by atoms with Crippen molar-refractivity contribution in [2.45, 2.75) is 45.6 Å². The van der Waals surface area contributed by atoms with Crippen molar-refractivity contribution in [3.05, 3.63) is 45.9 Å². The lowest BCUT2D eigenvalue weighted by molar-refractivity contribution is 0.0521. The number of piperidine rings is 1. The third-order valence-corrected chi connectivity index (χ3v) is 6.56. The molecule has 2 atom stereocenters. The molecule has 1 saturated heterocycles. The molecule has 1 aromatic heterocycles. The minimum atomic E-state index is 0.163. The van der Waals surface area contributed by atoms with Crippen LogP contribution in [-0.2, 0) is 6.61 Å². The number of ether oxygens (including phenoxy) is 1. The summed E-state index contributed by atoms with van der Waals surface area (Å²) in [6.07, 6.45) is 6.52. The molecule has 1 aliphatic heterocycles. The van der Waals surface area contributed by atoms with E-state index in [1.54, 1.807) is 11.3 Å². The van der Waals surface area contributed by atoms with Crippen LogP contribution in [-0.4, -0.2) is 28.9 Å². The second kappa shape index (κ2) is 7.78. The molecule has 0 unspecified atom stereocenters. The summed E-state index contributed by atoms with van der Waals surface area (Å²) in [4.78, 5) is 19.3. The highest BCUT2D eigenvalue weighted by Gasteiger charge is 2.33. The van der Waals surface area contributed by atoms with Gasteiger partial charge in [-0.1, -0.05) is 19.3 Å². The number of benzene rings is 1. The van der Waals surface area contributed by atoms with Gasteiger partial charge in [-0.25, -0.2) is 4.98 Å². The fourth-order valence-electron chi connectivity index (χ4n) is 4.29. The van der Waals surface area contributed by atoms with Crippen molar-refractivity contribution in [1.29, 1.82) is 0 Å². The van der Waals surface area contributed by atoms with Crippen LogP contribution in [0.1, 0.15) is 53.2 Å². The zero-order valence-corrected chi connectivity index (χ0v) is 16.1. The lowest BCUT2D eigenvalue weighted by Gasteiger charge is -2.41. The molecule has 26 heavy (non-hydrogen) atoms. The second-order valence-corrected chi connectivity index (χ2v) is 8.58. The summed E-state index contributed by atoms with van der Waals surface area (Å²) in [5.74, 6) is 2.50. The van der Waals surface area contributed by atoms with E-state index in [0.717, 1.165) is 41.0 Å². The van der Waals surface area contributed by atoms with E-state index in [-0.39, 0.29) is 5.91 Å². The highest BCUT2D eigenvalue weighted by atomic mass is 32.1. The van der Waals surface area contributed by atoms with Gasteiger partial charge in [-0.15, -0.1) is 11.3 Å². The summed E-state index contributed by atoms with van der Waals surface area (Å²) < 4.78 is 5.78. The predicted octanol–water partition coefficient (Wildman–Crippen LogP) is 4.68. The van der Waals surface area contributed by atoms with Crippen molar-refractivity contribution in [3.8, 4) is 5.75 Å². The van der Waals surface area contributed by atoms with Gasteiger partial charge in [0.15, 0.2) is 0 Å². The van der Waals surface area contributed by atoms with Crippen LogP contribution in [0, 0.1) is 18.8 Å². The molecule has 1 saturated carbocycles. The number of aromatic nitrogens is 1. The first-order chi connectivity index (χ1) is 12.7. The van der Waals surface area contributed by atoms with E-state index in [4.69, 9.17) is 4.74 Å². The van der Waals surface area contributed by atoms with E-state index in [0.29, 0.717) is 12.5 Å². The minimum Gasteiger partial charge on any atom is -0.487 e. The van der Waals surface area contributed by atoms with E-state index in [1.165, 1.54) is 32.1 Å². The molecule has 0 radical (unpaired) electrons. The van der Waals surface area contributed by atoms with Gasteiger partial charge in [0.25, 0.3) is 5.91 Å². The lowest BCUT2D eigenvalue weighted by atomic mass is 9.75. The molecule has 1 amide bonds. The molecule has 5 heteroatoms. The Hall–Kier alpha value is -1.88. The zero-order chi connectivity index (χ0) is 17.9. The van der Waals surface area contributed by atoms with Crippen LogP contribution in [0.15, 0.2) is 29.6 Å². The summed E-state index contributed by atoms with van der Waals surface area (Å²) in [5, 5.41) is 3.06. The number of thiazole rings is 1. The largest absolute Gasteiger partial charge is 0.487 e. The number of likely N-dealkylation sites (tertiary alicyclic amines) is 1. The molecule has 0 N–H and O–H groups in total. The number of carbonyl (C=O) groups excluding carboxylic acids is 1. The van der Waals surface area contributed by atoms with Gasteiger partial charge in [-0.05, 0) is 55.9 Å². The Kier molecular flexibility index (Phi) is 5.25. The topological polar surface area (TPSA) is 42.4 Å². The Morgan fingerprint density at radius 2 is 1.96 bits per heavy atom. The first-order valence-electron chi connectivity index (χ1n) is 9.62. The van der Waals surface area contributed by atoms with Crippen molar-refractivity contribution in [2.75, 3.05) is 13.1 Å². The molecular formula is C21H26N2O2S. The number of hydrogen-bond acceptors (Lipinski definition) is 4. The Bertz CT molecular complexity index is 756. The number of amides is 1. The standard InChI is InChI=1S/C21H26N2O2S/c1-15-22-19(14-26-15)13-25-20-8-6-17(7-9-20)21(24)23-11-10-16-4-2-3-5-18(16)12-23/h6-9,14,16,18H,2-5,10-13H2,1H3/t16-,18-/m0/s1. The fraction of sp³-hybridized carbons (Fsp3) is 0.524. The van der Waals surface area contributed by atoms with E-state index >= 15 is 0 Å². The van der Waals surface area contributed by atoms with E-state index < -0.39 is 0 Å². The summed E-state index contributed by atoms with van der Waals surface area (Å²) in [5.41, 5.74) is 1.71. The summed E-state index contributed by atoms with van der Waals surface area (Å²) in [7, 11) is 0. The van der Waals surface area contributed by atoms with Crippen LogP contribution in [0.2, 0.25) is 0 Å². The first-order valence-corrected chi connectivity index (χ1v) is 10.5. The van der Waals surface area contributed by atoms with Crippen molar-refractivity contribution in [2.24, 2.45) is 11.8 Å². The minimum absolute atomic E-state index is 0.163. The molecular weight excluding hydrogens is 344 g/mol. The molecule has 1 aromatic carbocycles. The maximum atomic E-state index is 12.8.